The van der Waals surface area contributed by atoms with Crippen molar-refractivity contribution in [2.75, 3.05) is 20.2 Å². The summed E-state index contributed by atoms with van der Waals surface area (Å²) in [6.07, 6.45) is 0. The van der Waals surface area contributed by atoms with Gasteiger partial charge < -0.3 is 4.74 Å². The van der Waals surface area contributed by atoms with E-state index in [9.17, 15) is 18.0 Å². The number of benzene rings is 2. The van der Waals surface area contributed by atoms with E-state index in [-0.39, 0.29) is 23.0 Å². The van der Waals surface area contributed by atoms with Gasteiger partial charge in [-0.25, -0.2) is 13.1 Å². The molecule has 0 bridgehead atoms. The lowest BCUT2D eigenvalue weighted by Gasteiger charge is -2.14. The smallest absolute Gasteiger partial charge is 0.261 e. The van der Waals surface area contributed by atoms with Crippen molar-refractivity contribution in [2.24, 2.45) is 0 Å². The summed E-state index contributed by atoms with van der Waals surface area (Å²) < 4.78 is 32.0. The van der Waals surface area contributed by atoms with Crippen LogP contribution in [0.5, 0.6) is 5.75 Å². The topological polar surface area (TPSA) is 92.8 Å². The highest BCUT2D eigenvalue weighted by Crippen LogP contribution is 2.27. The molecule has 0 atom stereocenters. The summed E-state index contributed by atoms with van der Waals surface area (Å²) in [6, 6.07) is 10.5. The fraction of sp³-hybridized carbons (Fsp3) is 0.176. The van der Waals surface area contributed by atoms with Crippen LogP contribution in [0.3, 0.4) is 0 Å². The zero-order valence-corrected chi connectivity index (χ0v) is 15.3. The Morgan fingerprint density at radius 3 is 2.23 bits per heavy atom. The molecule has 2 aromatic rings. The van der Waals surface area contributed by atoms with Gasteiger partial charge in [-0.2, -0.15) is 0 Å². The molecule has 0 saturated heterocycles. The largest absolute Gasteiger partial charge is 0.495 e. The number of sulfonamides is 1. The number of rotatable bonds is 6. The molecule has 3 rings (SSSR count). The molecule has 0 spiro atoms. The van der Waals surface area contributed by atoms with Crippen LogP contribution in [-0.4, -0.2) is 45.3 Å². The maximum atomic E-state index is 12.3. The van der Waals surface area contributed by atoms with Gasteiger partial charge in [-0.1, -0.05) is 23.7 Å². The molecular formula is C17H15ClN2O5S. The molecule has 1 aliphatic rings. The molecule has 136 valence electrons. The predicted octanol–water partition coefficient (Wildman–Crippen LogP) is 1.92. The molecule has 0 aromatic heterocycles. The highest BCUT2D eigenvalue weighted by molar-refractivity contribution is 7.89. The lowest BCUT2D eigenvalue weighted by molar-refractivity contribution is 0.0657. The quantitative estimate of drug-likeness (QED) is 0.755. The second-order valence-electron chi connectivity index (χ2n) is 5.50. The number of fused-ring (bicyclic) bond motifs is 1. The van der Waals surface area contributed by atoms with Crippen LogP contribution < -0.4 is 9.46 Å². The molecule has 26 heavy (non-hydrogen) atoms. The Bertz CT molecular complexity index is 955. The predicted molar refractivity (Wildman–Crippen MR) is 95.0 cm³/mol. The normalized spacial score (nSPS) is 13.8. The van der Waals surface area contributed by atoms with Crippen LogP contribution in [0.25, 0.3) is 0 Å². The summed E-state index contributed by atoms with van der Waals surface area (Å²) in [4.78, 5) is 25.5. The second kappa shape index (κ2) is 7.06. The minimum Gasteiger partial charge on any atom is -0.495 e. The van der Waals surface area contributed by atoms with E-state index in [1.165, 1.54) is 25.3 Å². The monoisotopic (exact) mass is 394 g/mol. The molecule has 2 aromatic carbocycles. The zero-order valence-electron chi connectivity index (χ0n) is 13.7. The number of hydrogen-bond donors (Lipinski definition) is 1. The molecular weight excluding hydrogens is 380 g/mol. The van der Waals surface area contributed by atoms with E-state index < -0.39 is 21.8 Å². The summed E-state index contributed by atoms with van der Waals surface area (Å²) in [5, 5.41) is 0.163. The zero-order chi connectivity index (χ0) is 18.9. The first-order chi connectivity index (χ1) is 12.3. The van der Waals surface area contributed by atoms with E-state index in [0.29, 0.717) is 16.9 Å². The van der Waals surface area contributed by atoms with Gasteiger partial charge in [-0.15, -0.1) is 0 Å². The number of methoxy groups -OCH3 is 1. The fourth-order valence-corrected chi connectivity index (χ4v) is 4.00. The minimum atomic E-state index is -3.84. The van der Waals surface area contributed by atoms with Crippen molar-refractivity contribution in [3.8, 4) is 5.75 Å². The van der Waals surface area contributed by atoms with E-state index in [4.69, 9.17) is 16.3 Å². The van der Waals surface area contributed by atoms with E-state index in [0.717, 1.165) is 4.90 Å². The molecule has 1 N–H and O–H groups in total. The number of imide groups is 1. The highest BCUT2D eigenvalue weighted by Gasteiger charge is 2.34. The number of hydrogen-bond acceptors (Lipinski definition) is 5. The van der Waals surface area contributed by atoms with Gasteiger partial charge in [0.2, 0.25) is 10.0 Å². The van der Waals surface area contributed by atoms with Gasteiger partial charge in [-0.3, -0.25) is 14.5 Å². The van der Waals surface area contributed by atoms with Gasteiger partial charge in [0, 0.05) is 13.1 Å². The standard InChI is InChI=1S/C17H15ClN2O5S/c1-25-15-7-6-11(10-14(15)18)26(23,24)19-8-9-20-16(21)12-4-2-3-5-13(12)17(20)22/h2-7,10,19H,8-9H2,1H3. The molecule has 1 aliphatic heterocycles. The first-order valence-electron chi connectivity index (χ1n) is 7.63. The summed E-state index contributed by atoms with van der Waals surface area (Å²) in [5.74, 6) is -0.508. The summed E-state index contributed by atoms with van der Waals surface area (Å²) >= 11 is 5.95. The molecule has 0 unspecified atom stereocenters. The van der Waals surface area contributed by atoms with Crippen LogP contribution in [-0.2, 0) is 10.0 Å². The first kappa shape index (κ1) is 18.4. The van der Waals surface area contributed by atoms with Crippen LogP contribution in [0.15, 0.2) is 47.4 Å². The van der Waals surface area contributed by atoms with Crippen molar-refractivity contribution in [1.82, 2.24) is 9.62 Å². The van der Waals surface area contributed by atoms with Crippen molar-refractivity contribution in [1.29, 1.82) is 0 Å². The van der Waals surface area contributed by atoms with Crippen molar-refractivity contribution >= 4 is 33.4 Å². The minimum absolute atomic E-state index is 0.0364. The summed E-state index contributed by atoms with van der Waals surface area (Å²) in [7, 11) is -2.41. The fourth-order valence-electron chi connectivity index (χ4n) is 2.63. The molecule has 7 nitrogen and oxygen atoms in total. The highest BCUT2D eigenvalue weighted by atomic mass is 35.5. The van der Waals surface area contributed by atoms with Crippen LogP contribution in [0.1, 0.15) is 20.7 Å². The maximum Gasteiger partial charge on any atom is 0.261 e. The first-order valence-corrected chi connectivity index (χ1v) is 9.49. The molecule has 0 fully saturated rings. The third kappa shape index (κ3) is 3.31. The van der Waals surface area contributed by atoms with Crippen molar-refractivity contribution in [2.45, 2.75) is 4.90 Å². The van der Waals surface area contributed by atoms with E-state index in [1.54, 1.807) is 24.3 Å². The Morgan fingerprint density at radius 2 is 1.69 bits per heavy atom. The molecule has 9 heteroatoms. The number of halogens is 1. The third-order valence-corrected chi connectivity index (χ3v) is 5.69. The Labute approximate surface area is 155 Å². The van der Waals surface area contributed by atoms with Gasteiger partial charge in [0.25, 0.3) is 11.8 Å². The Kier molecular flexibility index (Phi) is 4.99. The number of nitrogens with zero attached hydrogens (tertiary/aromatic N) is 1. The Morgan fingerprint density at radius 1 is 1.08 bits per heavy atom. The van der Waals surface area contributed by atoms with Gasteiger partial charge >= 0.3 is 0 Å². The van der Waals surface area contributed by atoms with Gasteiger partial charge in [0.1, 0.15) is 5.75 Å². The van der Waals surface area contributed by atoms with Gasteiger partial charge in [0.15, 0.2) is 0 Å². The van der Waals surface area contributed by atoms with Crippen molar-refractivity contribution in [3.63, 3.8) is 0 Å². The van der Waals surface area contributed by atoms with Gasteiger partial charge in [-0.05, 0) is 30.3 Å². The lowest BCUT2D eigenvalue weighted by atomic mass is 10.1. The number of carbonyl (C=O) groups is 2. The maximum absolute atomic E-state index is 12.3. The molecule has 0 radical (unpaired) electrons. The van der Waals surface area contributed by atoms with E-state index in [2.05, 4.69) is 4.72 Å². The van der Waals surface area contributed by atoms with Crippen LogP contribution >= 0.6 is 11.6 Å². The summed E-state index contributed by atoms with van der Waals surface area (Å²) in [6.45, 7) is -0.188. The lowest BCUT2D eigenvalue weighted by Crippen LogP contribution is -2.38. The van der Waals surface area contributed by atoms with Crippen LogP contribution in [0.4, 0.5) is 0 Å². The summed E-state index contributed by atoms with van der Waals surface area (Å²) in [5.41, 5.74) is 0.643. The van der Waals surface area contributed by atoms with Crippen LogP contribution in [0, 0.1) is 0 Å². The number of ether oxygens (including phenoxy) is 1. The number of carbonyl (C=O) groups excluding carboxylic acids is 2. The van der Waals surface area contributed by atoms with Crippen molar-refractivity contribution in [3.05, 3.63) is 58.6 Å². The second-order valence-corrected chi connectivity index (χ2v) is 7.68. The molecule has 2 amide bonds. The van der Waals surface area contributed by atoms with E-state index >= 15 is 0 Å². The molecule has 1 heterocycles. The van der Waals surface area contributed by atoms with E-state index in [1.807, 2.05) is 0 Å². The van der Waals surface area contributed by atoms with Crippen LogP contribution in [0.2, 0.25) is 5.02 Å². The van der Waals surface area contributed by atoms with Gasteiger partial charge in [0.05, 0.1) is 28.2 Å². The average Bonchev–Trinajstić information content (AvgIpc) is 2.87. The molecule has 0 aliphatic carbocycles. The Hall–Kier alpha value is -2.42. The number of amides is 2. The Balaban J connectivity index is 1.67. The number of nitrogens with one attached hydrogen (secondary N) is 1. The average molecular weight is 395 g/mol. The van der Waals surface area contributed by atoms with Crippen molar-refractivity contribution < 1.29 is 22.7 Å². The third-order valence-electron chi connectivity index (χ3n) is 3.94. The SMILES string of the molecule is COc1ccc(S(=O)(=O)NCCN2C(=O)c3ccccc3C2=O)cc1Cl. The molecule has 0 saturated carbocycles.